The van der Waals surface area contributed by atoms with Crippen LogP contribution in [0.4, 0.5) is 4.39 Å². The molecule has 1 heterocycles. The van der Waals surface area contributed by atoms with E-state index in [0.717, 1.165) is 24.8 Å². The number of epoxide rings is 1. The molecule has 5 aliphatic rings. The Morgan fingerprint density at radius 1 is 1.25 bits per heavy atom. The maximum Gasteiger partial charge on any atom is 0.187 e. The minimum atomic E-state index is -0.322. The molecule has 1 aliphatic heterocycles. The first-order valence-corrected chi connectivity index (χ1v) is 9.15. The van der Waals surface area contributed by atoms with Crippen molar-refractivity contribution >= 4 is 11.6 Å². The number of ether oxygens (including phenoxy) is 1. The summed E-state index contributed by atoms with van der Waals surface area (Å²) in [6.07, 6.45) is 6.05. The molecule has 7 atom stereocenters. The van der Waals surface area contributed by atoms with Crippen molar-refractivity contribution < 1.29 is 18.7 Å². The highest BCUT2D eigenvalue weighted by atomic mass is 19.1. The van der Waals surface area contributed by atoms with E-state index in [9.17, 15) is 14.0 Å². The Morgan fingerprint density at radius 2 is 2.04 bits per heavy atom. The predicted octanol–water partition coefficient (Wildman–Crippen LogP) is 3.54. The van der Waals surface area contributed by atoms with Crippen LogP contribution in [0.1, 0.15) is 46.0 Å². The summed E-state index contributed by atoms with van der Waals surface area (Å²) in [4.78, 5) is 24.6. The number of carbonyl (C=O) groups excluding carboxylic acids is 2. The number of Topliss-reactive ketones (excluding diaryl/α,β-unsaturated/α-hetero) is 1. The number of rotatable bonds is 0. The van der Waals surface area contributed by atoms with Gasteiger partial charge in [-0.3, -0.25) is 9.59 Å². The summed E-state index contributed by atoms with van der Waals surface area (Å²) in [5.74, 6) is 1.41. The molecule has 128 valence electrons. The van der Waals surface area contributed by atoms with Gasteiger partial charge in [0, 0.05) is 17.3 Å². The number of hydrogen-bond acceptors (Lipinski definition) is 3. The number of fused-ring (bicyclic) bond motifs is 7. The number of ketones is 2. The molecule has 2 unspecified atom stereocenters. The Morgan fingerprint density at radius 3 is 2.79 bits per heavy atom. The van der Waals surface area contributed by atoms with Crippen LogP contribution in [0.15, 0.2) is 23.6 Å². The number of carbonyl (C=O) groups is 2. The van der Waals surface area contributed by atoms with Gasteiger partial charge in [0.25, 0.3) is 0 Å². The molecule has 24 heavy (non-hydrogen) atoms. The average molecular weight is 330 g/mol. The minimum Gasteiger partial charge on any atom is -0.360 e. The van der Waals surface area contributed by atoms with Crippen LogP contribution in [0, 0.1) is 28.6 Å². The fraction of sp³-hybridized carbons (Fsp3) is 0.700. The van der Waals surface area contributed by atoms with Crippen molar-refractivity contribution in [1.29, 1.82) is 0 Å². The van der Waals surface area contributed by atoms with Crippen LogP contribution < -0.4 is 0 Å². The van der Waals surface area contributed by atoms with Gasteiger partial charge in [0.15, 0.2) is 5.78 Å². The third-order valence-corrected chi connectivity index (χ3v) is 8.08. The highest BCUT2D eigenvalue weighted by Crippen LogP contribution is 2.67. The molecular weight excluding hydrogens is 307 g/mol. The van der Waals surface area contributed by atoms with Gasteiger partial charge in [0.1, 0.15) is 18.0 Å². The molecule has 4 fully saturated rings. The molecule has 4 aliphatic carbocycles. The van der Waals surface area contributed by atoms with E-state index in [1.54, 1.807) is 6.08 Å². The SMILES string of the molecule is C[C@]12CC[C@H]3[C@@H](CC(=CF)C4=CC(=O)C5OC5[C@@]43C)[C@@H]1CCC2=O. The number of hydrogen-bond donors (Lipinski definition) is 0. The summed E-state index contributed by atoms with van der Waals surface area (Å²) in [7, 11) is 0. The van der Waals surface area contributed by atoms with E-state index >= 15 is 0 Å². The topological polar surface area (TPSA) is 46.7 Å². The van der Waals surface area contributed by atoms with Crippen molar-refractivity contribution in [2.24, 2.45) is 28.6 Å². The molecule has 0 aromatic carbocycles. The summed E-state index contributed by atoms with van der Waals surface area (Å²) < 4.78 is 19.5. The largest absolute Gasteiger partial charge is 0.360 e. The first kappa shape index (κ1) is 15.0. The van der Waals surface area contributed by atoms with E-state index in [1.165, 1.54) is 0 Å². The summed E-state index contributed by atoms with van der Waals surface area (Å²) in [6, 6.07) is 0. The second-order valence-electron chi connectivity index (χ2n) is 8.85. The Labute approximate surface area is 141 Å². The molecule has 0 radical (unpaired) electrons. The first-order valence-electron chi connectivity index (χ1n) is 9.15. The maximum atomic E-state index is 13.7. The van der Waals surface area contributed by atoms with Gasteiger partial charge in [0.05, 0.1) is 6.33 Å². The van der Waals surface area contributed by atoms with E-state index in [0.29, 0.717) is 48.3 Å². The van der Waals surface area contributed by atoms with Crippen molar-refractivity contribution in [3.05, 3.63) is 23.6 Å². The van der Waals surface area contributed by atoms with Crippen LogP contribution in [0.5, 0.6) is 0 Å². The smallest absolute Gasteiger partial charge is 0.187 e. The standard InChI is InChI=1S/C20H23FO3/c1-19-6-5-13-11(12(19)3-4-16(19)23)7-10(9-21)14-8-15(22)17-18(24-17)20(13,14)2/h8-9,11-13,17-18H,3-7H2,1-2H3/t11-,12-,13-,17?,18?,19-,20+/m0/s1. The third-order valence-electron chi connectivity index (χ3n) is 8.08. The monoisotopic (exact) mass is 330 g/mol. The van der Waals surface area contributed by atoms with Crippen molar-refractivity contribution in [2.75, 3.05) is 0 Å². The Hall–Kier alpha value is -1.29. The van der Waals surface area contributed by atoms with Crippen LogP contribution in [-0.2, 0) is 14.3 Å². The van der Waals surface area contributed by atoms with Crippen molar-refractivity contribution in [1.82, 2.24) is 0 Å². The zero-order chi connectivity index (χ0) is 16.9. The molecule has 0 bridgehead atoms. The van der Waals surface area contributed by atoms with Crippen LogP contribution in [0.2, 0.25) is 0 Å². The van der Waals surface area contributed by atoms with Crippen molar-refractivity contribution in [2.45, 2.75) is 58.2 Å². The zero-order valence-corrected chi connectivity index (χ0v) is 14.2. The lowest BCUT2D eigenvalue weighted by Gasteiger charge is -2.56. The van der Waals surface area contributed by atoms with Crippen molar-refractivity contribution in [3.63, 3.8) is 0 Å². The Balaban J connectivity index is 1.62. The van der Waals surface area contributed by atoms with Crippen LogP contribution in [-0.4, -0.2) is 23.8 Å². The first-order chi connectivity index (χ1) is 11.4. The molecule has 0 amide bonds. The molecule has 0 aromatic rings. The summed E-state index contributed by atoms with van der Waals surface area (Å²) in [5.41, 5.74) is 1.01. The molecule has 1 saturated heterocycles. The van der Waals surface area contributed by atoms with E-state index < -0.39 is 0 Å². The zero-order valence-electron chi connectivity index (χ0n) is 14.2. The number of halogens is 1. The van der Waals surface area contributed by atoms with Crippen molar-refractivity contribution in [3.8, 4) is 0 Å². The van der Waals surface area contributed by atoms with E-state index in [2.05, 4.69) is 13.8 Å². The van der Waals surface area contributed by atoms with Gasteiger partial charge in [-0.15, -0.1) is 0 Å². The van der Waals surface area contributed by atoms with Crippen LogP contribution in [0.25, 0.3) is 0 Å². The lowest BCUT2D eigenvalue weighted by atomic mass is 9.46. The van der Waals surface area contributed by atoms with Crippen LogP contribution >= 0.6 is 0 Å². The quantitative estimate of drug-likeness (QED) is 0.638. The van der Waals surface area contributed by atoms with E-state index in [-0.39, 0.29) is 28.8 Å². The third kappa shape index (κ3) is 1.56. The van der Waals surface area contributed by atoms with Crippen LogP contribution in [0.3, 0.4) is 0 Å². The van der Waals surface area contributed by atoms with Gasteiger partial charge >= 0.3 is 0 Å². The summed E-state index contributed by atoms with van der Waals surface area (Å²) in [5, 5.41) is 0. The second kappa shape index (κ2) is 4.46. The van der Waals surface area contributed by atoms with E-state index in [1.807, 2.05) is 0 Å². The summed E-state index contributed by atoms with van der Waals surface area (Å²) >= 11 is 0. The van der Waals surface area contributed by atoms with Gasteiger partial charge in [-0.05, 0) is 60.7 Å². The fourth-order valence-corrected chi connectivity index (χ4v) is 6.72. The van der Waals surface area contributed by atoms with E-state index in [4.69, 9.17) is 4.74 Å². The molecule has 0 spiro atoms. The number of allylic oxidation sites excluding steroid dienone is 1. The highest BCUT2D eigenvalue weighted by molar-refractivity contribution is 5.99. The van der Waals surface area contributed by atoms with Gasteiger partial charge in [-0.2, -0.15) is 0 Å². The fourth-order valence-electron chi connectivity index (χ4n) is 6.72. The molecule has 5 rings (SSSR count). The second-order valence-corrected chi connectivity index (χ2v) is 8.85. The normalized spacial score (nSPS) is 53.9. The van der Waals surface area contributed by atoms with Gasteiger partial charge in [-0.1, -0.05) is 13.8 Å². The molecule has 4 heteroatoms. The Bertz CT molecular complexity index is 722. The highest BCUT2D eigenvalue weighted by Gasteiger charge is 2.68. The lowest BCUT2D eigenvalue weighted by Crippen LogP contribution is -2.53. The van der Waals surface area contributed by atoms with Gasteiger partial charge in [-0.25, -0.2) is 4.39 Å². The Kier molecular flexibility index (Phi) is 2.79. The molecule has 0 N–H and O–H groups in total. The predicted molar refractivity (Wildman–Crippen MR) is 85.7 cm³/mol. The average Bonchev–Trinajstić information content (AvgIpc) is 3.31. The maximum absolute atomic E-state index is 13.7. The summed E-state index contributed by atoms with van der Waals surface area (Å²) in [6.45, 7) is 4.28. The molecule has 0 aromatic heterocycles. The minimum absolute atomic E-state index is 0.0121. The molecule has 3 nitrogen and oxygen atoms in total. The molecular formula is C20H23FO3. The van der Waals surface area contributed by atoms with Gasteiger partial charge < -0.3 is 4.74 Å². The molecule has 3 saturated carbocycles. The van der Waals surface area contributed by atoms with Gasteiger partial charge in [0.2, 0.25) is 0 Å². The lowest BCUT2D eigenvalue weighted by molar-refractivity contribution is -0.131.